The van der Waals surface area contributed by atoms with Crippen LogP contribution < -0.4 is 0 Å². The van der Waals surface area contributed by atoms with Crippen LogP contribution in [0.3, 0.4) is 0 Å². The van der Waals surface area contributed by atoms with Crippen molar-refractivity contribution in [2.75, 3.05) is 0 Å². The third-order valence-electron chi connectivity index (χ3n) is 6.31. The molecule has 0 bridgehead atoms. The molecule has 0 heterocycles. The van der Waals surface area contributed by atoms with Gasteiger partial charge in [-0.25, -0.2) is 4.57 Å². The number of rotatable bonds is 10. The molecule has 3 aromatic carbocycles. The first kappa shape index (κ1) is 26.3. The number of hydrogen-bond acceptors (Lipinski definition) is 3. The first-order valence-electron chi connectivity index (χ1n) is 11.7. The molecule has 1 unspecified atom stereocenters. The summed E-state index contributed by atoms with van der Waals surface area (Å²) < 4.78 is 16.2. The molecule has 0 saturated heterocycles. The lowest BCUT2D eigenvalue weighted by atomic mass is 9.69. The first-order chi connectivity index (χ1) is 17.2. The third kappa shape index (κ3) is 7.13. The first-order valence-corrected chi connectivity index (χ1v) is 13.6. The Kier molecular flexibility index (Phi) is 8.40. The molecule has 186 valence electrons. The van der Waals surface area contributed by atoms with Crippen molar-refractivity contribution in [2.24, 2.45) is 11.3 Å². The summed E-state index contributed by atoms with van der Waals surface area (Å²) in [6.07, 6.45) is 7.20. The Morgan fingerprint density at radius 3 is 1.86 bits per heavy atom. The van der Waals surface area contributed by atoms with Gasteiger partial charge in [-0.05, 0) is 48.1 Å². The van der Waals surface area contributed by atoms with E-state index in [1.165, 1.54) is 0 Å². The lowest BCUT2D eigenvalue weighted by Crippen LogP contribution is -2.38. The Hall–Kier alpha value is -2.79. The van der Waals surface area contributed by atoms with Crippen molar-refractivity contribution in [2.45, 2.75) is 25.4 Å². The maximum atomic E-state index is 14.4. The number of allylic oxidation sites excluding steroid dienone is 2. The summed E-state index contributed by atoms with van der Waals surface area (Å²) in [7, 11) is -4.68. The van der Waals surface area contributed by atoms with E-state index in [1.54, 1.807) is 24.3 Å². The summed E-state index contributed by atoms with van der Waals surface area (Å²) in [6.45, 7) is 0. The molecule has 0 saturated carbocycles. The highest BCUT2D eigenvalue weighted by Gasteiger charge is 2.40. The molecule has 1 aliphatic rings. The maximum absolute atomic E-state index is 14.4. The number of carbonyl (C=O) groups excluding carboxylic acids is 1. The SMILES string of the molecule is O=C(C(Cc1ccccc1)Cc1ccc(Cl)cc1)C1(Cc2ccccc2)C=CC(OP(=O)(O)O)C=C1. The number of Topliss-reactive ketones (excluding diaryl/α,β-unsaturated/α-hetero) is 1. The van der Waals surface area contributed by atoms with Crippen LogP contribution >= 0.6 is 19.4 Å². The number of hydrogen-bond donors (Lipinski definition) is 2. The molecule has 0 spiro atoms. The van der Waals surface area contributed by atoms with Gasteiger partial charge in [0.2, 0.25) is 0 Å². The summed E-state index contributed by atoms with van der Waals surface area (Å²) in [5.74, 6) is -0.307. The number of phosphoric ester groups is 1. The fourth-order valence-corrected chi connectivity index (χ4v) is 5.21. The summed E-state index contributed by atoms with van der Waals surface area (Å²) in [6, 6.07) is 27.2. The molecule has 4 rings (SSSR count). The van der Waals surface area contributed by atoms with Crippen LogP contribution in [0.15, 0.2) is 109 Å². The Bertz CT molecular complexity index is 1250. The van der Waals surface area contributed by atoms with Crippen molar-refractivity contribution in [1.29, 1.82) is 0 Å². The van der Waals surface area contributed by atoms with E-state index in [4.69, 9.17) is 16.1 Å². The van der Waals surface area contributed by atoms with Crippen LogP contribution in [-0.4, -0.2) is 21.7 Å². The second kappa shape index (κ2) is 11.5. The van der Waals surface area contributed by atoms with Gasteiger partial charge in [-0.2, -0.15) is 0 Å². The molecule has 0 aliphatic heterocycles. The lowest BCUT2D eigenvalue weighted by Gasteiger charge is -2.33. The molecule has 0 amide bonds. The van der Waals surface area contributed by atoms with Crippen LogP contribution in [0.4, 0.5) is 0 Å². The molecule has 36 heavy (non-hydrogen) atoms. The molecule has 5 nitrogen and oxygen atoms in total. The van der Waals surface area contributed by atoms with Gasteiger partial charge in [0.25, 0.3) is 0 Å². The molecule has 1 aliphatic carbocycles. The molecule has 0 aromatic heterocycles. The van der Waals surface area contributed by atoms with Crippen molar-refractivity contribution in [3.63, 3.8) is 0 Å². The molecule has 1 atom stereocenters. The van der Waals surface area contributed by atoms with Crippen LogP contribution in [0.1, 0.15) is 16.7 Å². The van der Waals surface area contributed by atoms with Gasteiger partial charge in [-0.3, -0.25) is 9.32 Å². The zero-order valence-corrected chi connectivity index (χ0v) is 21.3. The van der Waals surface area contributed by atoms with Crippen molar-refractivity contribution in [3.8, 4) is 0 Å². The van der Waals surface area contributed by atoms with E-state index in [0.717, 1.165) is 16.7 Å². The van der Waals surface area contributed by atoms with Gasteiger partial charge in [0, 0.05) is 10.9 Å². The van der Waals surface area contributed by atoms with Crippen LogP contribution in [-0.2, 0) is 33.1 Å². The fraction of sp³-hybridized carbons (Fsp3) is 0.207. The van der Waals surface area contributed by atoms with Crippen molar-refractivity contribution in [3.05, 3.63) is 131 Å². The standard InChI is InChI=1S/C29H28ClO5P/c30-26-13-11-23(12-14-26)20-25(19-22-7-3-1-4-8-22)28(31)29(21-24-9-5-2-6-10-24)17-15-27(16-18-29)35-36(32,33)34/h1-18,25,27H,19-21H2,(H2,32,33,34). The fourth-order valence-electron chi connectivity index (χ4n) is 4.63. The highest BCUT2D eigenvalue weighted by atomic mass is 35.5. The Morgan fingerprint density at radius 2 is 1.33 bits per heavy atom. The van der Waals surface area contributed by atoms with Gasteiger partial charge < -0.3 is 9.79 Å². The van der Waals surface area contributed by atoms with Crippen LogP contribution in [0.25, 0.3) is 0 Å². The van der Waals surface area contributed by atoms with E-state index >= 15 is 0 Å². The normalized spacial score (nSPS) is 20.2. The maximum Gasteiger partial charge on any atom is 0.470 e. The second-order valence-electron chi connectivity index (χ2n) is 9.06. The van der Waals surface area contributed by atoms with Crippen molar-refractivity contribution < 1.29 is 23.7 Å². The number of halogens is 1. The molecular weight excluding hydrogens is 495 g/mol. The monoisotopic (exact) mass is 522 g/mol. The quantitative estimate of drug-likeness (QED) is 0.247. The number of ketones is 1. The summed E-state index contributed by atoms with van der Waals surface area (Å²) in [5, 5.41) is 0.638. The van der Waals surface area contributed by atoms with Gasteiger partial charge >= 0.3 is 7.82 Å². The Balaban J connectivity index is 1.69. The van der Waals surface area contributed by atoms with Gasteiger partial charge in [0.1, 0.15) is 6.10 Å². The van der Waals surface area contributed by atoms with Crippen LogP contribution in [0.5, 0.6) is 0 Å². The highest BCUT2D eigenvalue weighted by Crippen LogP contribution is 2.42. The number of benzene rings is 3. The molecule has 3 aromatic rings. The Labute approximate surface area is 216 Å². The minimum Gasteiger partial charge on any atom is -0.303 e. The zero-order chi connectivity index (χ0) is 25.6. The van der Waals surface area contributed by atoms with Gasteiger partial charge in [-0.1, -0.05) is 109 Å². The average Bonchev–Trinajstić information content (AvgIpc) is 2.86. The van der Waals surface area contributed by atoms with E-state index < -0.39 is 19.3 Å². The van der Waals surface area contributed by atoms with Crippen LogP contribution in [0, 0.1) is 11.3 Å². The summed E-state index contributed by atoms with van der Waals surface area (Å²) >= 11 is 6.08. The molecule has 0 radical (unpaired) electrons. The molecular formula is C29H28ClO5P. The van der Waals surface area contributed by atoms with E-state index in [2.05, 4.69) is 0 Å². The van der Waals surface area contributed by atoms with E-state index in [-0.39, 0.29) is 11.7 Å². The van der Waals surface area contributed by atoms with E-state index in [1.807, 2.05) is 84.9 Å². The van der Waals surface area contributed by atoms with Crippen molar-refractivity contribution >= 4 is 25.2 Å². The highest BCUT2D eigenvalue weighted by molar-refractivity contribution is 7.46. The second-order valence-corrected chi connectivity index (χ2v) is 10.7. The Morgan fingerprint density at radius 1 is 0.833 bits per heavy atom. The minimum atomic E-state index is -4.68. The smallest absolute Gasteiger partial charge is 0.303 e. The third-order valence-corrected chi connectivity index (χ3v) is 7.08. The van der Waals surface area contributed by atoms with Gasteiger partial charge in [-0.15, -0.1) is 0 Å². The predicted molar refractivity (Wildman–Crippen MR) is 142 cm³/mol. The lowest BCUT2D eigenvalue weighted by molar-refractivity contribution is -0.128. The number of carbonyl (C=O) groups is 1. The summed E-state index contributed by atoms with van der Waals surface area (Å²) in [4.78, 5) is 32.8. The van der Waals surface area contributed by atoms with Gasteiger partial charge in [0.05, 0.1) is 5.41 Å². The van der Waals surface area contributed by atoms with Crippen LogP contribution in [0.2, 0.25) is 5.02 Å². The predicted octanol–water partition coefficient (Wildman–Crippen LogP) is 6.14. The average molecular weight is 523 g/mol. The zero-order valence-electron chi connectivity index (χ0n) is 19.6. The van der Waals surface area contributed by atoms with E-state index in [0.29, 0.717) is 24.3 Å². The largest absolute Gasteiger partial charge is 0.470 e. The van der Waals surface area contributed by atoms with Gasteiger partial charge in [0.15, 0.2) is 5.78 Å². The molecule has 0 fully saturated rings. The summed E-state index contributed by atoms with van der Waals surface area (Å²) in [5.41, 5.74) is 2.07. The number of phosphoric acid groups is 1. The minimum absolute atomic E-state index is 0.0345. The topological polar surface area (TPSA) is 83.8 Å². The van der Waals surface area contributed by atoms with Crippen molar-refractivity contribution in [1.82, 2.24) is 0 Å². The van der Waals surface area contributed by atoms with E-state index in [9.17, 15) is 19.1 Å². The molecule has 2 N–H and O–H groups in total. The molecule has 7 heteroatoms.